The van der Waals surface area contributed by atoms with Gasteiger partial charge in [0.15, 0.2) is 0 Å². The van der Waals surface area contributed by atoms with Gasteiger partial charge in [0, 0.05) is 38.2 Å². The molecule has 43 heavy (non-hydrogen) atoms. The quantitative estimate of drug-likeness (QED) is 0.381. The predicted octanol–water partition coefficient (Wildman–Crippen LogP) is 3.96. The Morgan fingerprint density at radius 3 is 2.51 bits per heavy atom. The smallest absolute Gasteiger partial charge is 0.410 e. The number of aromatic nitrogens is 3. The fourth-order valence-corrected chi connectivity index (χ4v) is 6.54. The summed E-state index contributed by atoms with van der Waals surface area (Å²) >= 11 is 0. The van der Waals surface area contributed by atoms with Crippen LogP contribution in [0.25, 0.3) is 5.65 Å². The minimum absolute atomic E-state index is 0.0408. The zero-order valence-corrected chi connectivity index (χ0v) is 24.9. The van der Waals surface area contributed by atoms with E-state index in [1.807, 2.05) is 39.1 Å². The van der Waals surface area contributed by atoms with E-state index in [4.69, 9.17) is 4.74 Å². The van der Waals surface area contributed by atoms with Crippen molar-refractivity contribution in [2.24, 2.45) is 5.41 Å². The summed E-state index contributed by atoms with van der Waals surface area (Å²) in [5.74, 6) is -0.863. The highest BCUT2D eigenvalue weighted by Gasteiger charge is 2.69. The molecule has 0 atom stereocenters. The normalized spacial score (nSPS) is 22.5. The first-order valence-electron chi connectivity index (χ1n) is 14.8. The van der Waals surface area contributed by atoms with Gasteiger partial charge in [0.05, 0.1) is 36.1 Å². The molecule has 12 heteroatoms. The van der Waals surface area contributed by atoms with Crippen LogP contribution in [0.2, 0.25) is 0 Å². The summed E-state index contributed by atoms with van der Waals surface area (Å²) in [6, 6.07) is 5.48. The number of nitrogens with zero attached hydrogens (tertiary/aromatic N) is 5. The van der Waals surface area contributed by atoms with Crippen molar-refractivity contribution < 1.29 is 23.5 Å². The molecule has 4 heterocycles. The molecule has 2 bridgehead atoms. The molecule has 0 aromatic carbocycles. The van der Waals surface area contributed by atoms with Gasteiger partial charge in [-0.1, -0.05) is 6.07 Å². The molecule has 1 saturated heterocycles. The third kappa shape index (κ3) is 6.42. The predicted molar refractivity (Wildman–Crippen MR) is 157 cm³/mol. The van der Waals surface area contributed by atoms with E-state index in [9.17, 15) is 18.8 Å². The van der Waals surface area contributed by atoms with Crippen molar-refractivity contribution in [2.75, 3.05) is 24.5 Å². The number of rotatable bonds is 8. The number of ether oxygens (including phenoxy) is 1. The molecule has 11 nitrogen and oxygen atoms in total. The number of halogens is 1. The summed E-state index contributed by atoms with van der Waals surface area (Å²) in [5.41, 5.74) is 6.34. The molecule has 4 fully saturated rings. The summed E-state index contributed by atoms with van der Waals surface area (Å²) in [6.07, 6.45) is 10.1. The van der Waals surface area contributed by atoms with Crippen LogP contribution >= 0.6 is 0 Å². The molecule has 0 spiro atoms. The van der Waals surface area contributed by atoms with E-state index < -0.39 is 29.2 Å². The third-order valence-electron chi connectivity index (χ3n) is 8.30. The zero-order chi connectivity index (χ0) is 30.4. The minimum Gasteiger partial charge on any atom is -0.444 e. The van der Waals surface area contributed by atoms with Crippen molar-refractivity contribution in [1.29, 1.82) is 0 Å². The van der Waals surface area contributed by atoms with E-state index in [2.05, 4.69) is 25.7 Å². The number of fused-ring (bicyclic) bond motifs is 1. The lowest BCUT2D eigenvalue weighted by Crippen LogP contribution is -2.68. The molecule has 2 N–H and O–H groups in total. The van der Waals surface area contributed by atoms with Crippen LogP contribution in [0.3, 0.4) is 0 Å². The van der Waals surface area contributed by atoms with E-state index in [-0.39, 0.29) is 11.8 Å². The maximum Gasteiger partial charge on any atom is 0.410 e. The molecule has 3 aliphatic carbocycles. The number of pyridine rings is 2. The van der Waals surface area contributed by atoms with Gasteiger partial charge in [-0.15, -0.1) is 0 Å². The van der Waals surface area contributed by atoms with Crippen molar-refractivity contribution in [3.05, 3.63) is 59.8 Å². The van der Waals surface area contributed by atoms with Gasteiger partial charge in [0.25, 0.3) is 5.91 Å². The molecule has 1 aliphatic heterocycles. The van der Waals surface area contributed by atoms with Crippen LogP contribution < -0.4 is 15.8 Å². The number of hydrogen-bond donors (Lipinski definition) is 2. The molecular weight excluding hydrogens is 553 g/mol. The first-order chi connectivity index (χ1) is 20.4. The maximum absolute atomic E-state index is 14.2. The molecular formula is C31H38FN7O4. The number of alkyl halides is 1. The summed E-state index contributed by atoms with van der Waals surface area (Å²) < 4.78 is 21.6. The Hall–Kier alpha value is -4.22. The van der Waals surface area contributed by atoms with Gasteiger partial charge >= 0.3 is 6.09 Å². The van der Waals surface area contributed by atoms with Crippen LogP contribution in [-0.4, -0.2) is 68.1 Å². The van der Waals surface area contributed by atoms with Gasteiger partial charge in [-0.2, -0.15) is 0 Å². The summed E-state index contributed by atoms with van der Waals surface area (Å²) in [5, 5.41) is 0. The van der Waals surface area contributed by atoms with Crippen molar-refractivity contribution in [2.45, 2.75) is 77.1 Å². The van der Waals surface area contributed by atoms with Gasteiger partial charge in [0.1, 0.15) is 16.9 Å². The van der Waals surface area contributed by atoms with Crippen LogP contribution in [0.5, 0.6) is 0 Å². The van der Waals surface area contributed by atoms with Crippen LogP contribution in [0.1, 0.15) is 74.5 Å². The van der Waals surface area contributed by atoms with Crippen LogP contribution in [0.15, 0.2) is 43.0 Å². The molecule has 3 aromatic rings. The number of amides is 3. The molecule has 3 amide bonds. The number of nitrogens with one attached hydrogen (secondary N) is 2. The molecule has 0 radical (unpaired) electrons. The van der Waals surface area contributed by atoms with Crippen molar-refractivity contribution in [3.8, 4) is 0 Å². The lowest BCUT2D eigenvalue weighted by Gasteiger charge is -2.66. The Morgan fingerprint density at radius 2 is 1.81 bits per heavy atom. The van der Waals surface area contributed by atoms with Crippen molar-refractivity contribution >= 4 is 29.2 Å². The van der Waals surface area contributed by atoms with E-state index in [1.165, 1.54) is 6.20 Å². The first kappa shape index (κ1) is 28.9. The van der Waals surface area contributed by atoms with Crippen LogP contribution in [0.4, 0.5) is 14.9 Å². The Labute approximate surface area is 249 Å². The minimum atomic E-state index is -1.05. The SMILES string of the molecule is CC(C)(C)OC(=O)N(Cc1ccc2nc(CC(=O)NNC(=O)c3cncc(N4CCCC4)c3)cn2c1)CC12CC(F)(C1)C2. The average Bonchev–Trinajstić information content (AvgIpc) is 3.59. The second-order valence-electron chi connectivity index (χ2n) is 13.4. The number of hydrazine groups is 1. The number of hydrogen-bond acceptors (Lipinski definition) is 7. The first-order valence-corrected chi connectivity index (χ1v) is 14.8. The number of carbonyl (C=O) groups excluding carboxylic acids is 3. The van der Waals surface area contributed by atoms with E-state index >= 15 is 0 Å². The highest BCUT2D eigenvalue weighted by molar-refractivity contribution is 5.96. The molecule has 7 rings (SSSR count). The summed E-state index contributed by atoms with van der Waals surface area (Å²) in [4.78, 5) is 50.8. The Bertz CT molecular complexity index is 1540. The maximum atomic E-state index is 14.2. The number of imidazole rings is 1. The van der Waals surface area contributed by atoms with Crippen molar-refractivity contribution in [1.82, 2.24) is 30.1 Å². The number of carbonyl (C=O) groups is 3. The van der Waals surface area contributed by atoms with E-state index in [0.29, 0.717) is 49.3 Å². The Morgan fingerprint density at radius 1 is 1.07 bits per heavy atom. The van der Waals surface area contributed by atoms with Crippen LogP contribution in [-0.2, 0) is 22.5 Å². The average molecular weight is 592 g/mol. The fourth-order valence-electron chi connectivity index (χ4n) is 6.54. The second kappa shape index (κ2) is 10.8. The number of anilines is 1. The fraction of sp³-hybridized carbons (Fsp3) is 0.516. The van der Waals surface area contributed by atoms with Crippen LogP contribution in [0, 0.1) is 5.41 Å². The molecule has 3 saturated carbocycles. The van der Waals surface area contributed by atoms with E-state index in [0.717, 1.165) is 37.2 Å². The lowest BCUT2D eigenvalue weighted by atomic mass is 9.42. The van der Waals surface area contributed by atoms with Gasteiger partial charge in [-0.3, -0.25) is 25.4 Å². The molecule has 0 unspecified atom stereocenters. The third-order valence-corrected chi connectivity index (χ3v) is 8.30. The zero-order valence-electron chi connectivity index (χ0n) is 24.9. The lowest BCUT2D eigenvalue weighted by molar-refractivity contribution is -0.220. The Kier molecular flexibility index (Phi) is 7.26. The largest absolute Gasteiger partial charge is 0.444 e. The molecule has 4 aliphatic rings. The topological polar surface area (TPSA) is 121 Å². The Balaban J connectivity index is 1.06. The highest BCUT2D eigenvalue weighted by atomic mass is 19.1. The van der Waals surface area contributed by atoms with Gasteiger partial charge in [-0.05, 0) is 76.0 Å². The molecule has 228 valence electrons. The monoisotopic (exact) mass is 591 g/mol. The highest BCUT2D eigenvalue weighted by Crippen LogP contribution is 2.69. The molecule has 3 aromatic heterocycles. The van der Waals surface area contributed by atoms with Crippen molar-refractivity contribution in [3.63, 3.8) is 0 Å². The second-order valence-corrected chi connectivity index (χ2v) is 13.4. The summed E-state index contributed by atoms with van der Waals surface area (Å²) in [6.45, 7) is 8.11. The standard InChI is InChI=1S/C31H38FN7O4/c1-29(2,3)43-28(42)39(20-30-17-31(32,18-30)19-30)15-21-6-7-25-34-23(16-38(25)14-21)11-26(40)35-36-27(41)22-10-24(13-33-12-22)37-8-4-5-9-37/h6-7,10,12-14,16H,4-5,8-9,11,15,17-20H2,1-3H3,(H,35,40)(H,36,41). The van der Waals surface area contributed by atoms with Gasteiger partial charge in [-0.25, -0.2) is 14.2 Å². The van der Waals surface area contributed by atoms with Gasteiger partial charge < -0.3 is 18.9 Å². The van der Waals surface area contributed by atoms with Gasteiger partial charge in [0.2, 0.25) is 5.91 Å². The van der Waals surface area contributed by atoms with E-state index in [1.54, 1.807) is 27.8 Å². The summed E-state index contributed by atoms with van der Waals surface area (Å²) in [7, 11) is 0.